The van der Waals surface area contributed by atoms with E-state index in [0.717, 1.165) is 17.6 Å². The van der Waals surface area contributed by atoms with E-state index in [1.54, 1.807) is 0 Å². The summed E-state index contributed by atoms with van der Waals surface area (Å²) in [6, 6.07) is 2.11. The van der Waals surface area contributed by atoms with Crippen LogP contribution in [0.5, 0.6) is 0 Å². The highest BCUT2D eigenvalue weighted by molar-refractivity contribution is 9.10. The fourth-order valence-electron chi connectivity index (χ4n) is 2.22. The highest BCUT2D eigenvalue weighted by Crippen LogP contribution is 2.09. The topological polar surface area (TPSA) is 28.2 Å². The van der Waals surface area contributed by atoms with Crippen molar-refractivity contribution in [3.05, 3.63) is 28.5 Å². The monoisotopic (exact) mass is 297 g/mol. The Kier molecular flexibility index (Phi) is 5.42. The van der Waals surface area contributed by atoms with Crippen LogP contribution in [0.4, 0.5) is 0 Å². The van der Waals surface area contributed by atoms with Crippen LogP contribution in [0.15, 0.2) is 22.9 Å². The second-order valence-electron chi connectivity index (χ2n) is 4.59. The highest BCUT2D eigenvalue weighted by Gasteiger charge is 2.09. The Bertz CT molecular complexity index is 337. The van der Waals surface area contributed by atoms with E-state index in [-0.39, 0.29) is 0 Å². The summed E-state index contributed by atoms with van der Waals surface area (Å²) in [7, 11) is 0. The third-order valence-corrected chi connectivity index (χ3v) is 3.55. The van der Waals surface area contributed by atoms with Gasteiger partial charge in [-0.05, 0) is 73.0 Å². The SMILES string of the molecule is Brc1cncc(CNCCCN2CCCC2)c1. The van der Waals surface area contributed by atoms with E-state index in [1.807, 2.05) is 12.4 Å². The molecule has 0 atom stereocenters. The van der Waals surface area contributed by atoms with Gasteiger partial charge in [0, 0.05) is 23.4 Å². The molecule has 0 aliphatic carbocycles. The van der Waals surface area contributed by atoms with Crippen LogP contribution in [0.25, 0.3) is 0 Å². The van der Waals surface area contributed by atoms with Gasteiger partial charge >= 0.3 is 0 Å². The molecular formula is C13H20BrN3. The smallest absolute Gasteiger partial charge is 0.0410 e. The van der Waals surface area contributed by atoms with Gasteiger partial charge in [0.2, 0.25) is 0 Å². The van der Waals surface area contributed by atoms with Crippen molar-refractivity contribution in [2.75, 3.05) is 26.2 Å². The minimum absolute atomic E-state index is 0.909. The Labute approximate surface area is 112 Å². The van der Waals surface area contributed by atoms with Gasteiger partial charge < -0.3 is 10.2 Å². The molecule has 1 aromatic heterocycles. The minimum Gasteiger partial charge on any atom is -0.313 e. The number of nitrogens with zero attached hydrogens (tertiary/aromatic N) is 2. The zero-order valence-corrected chi connectivity index (χ0v) is 11.7. The number of hydrogen-bond donors (Lipinski definition) is 1. The van der Waals surface area contributed by atoms with Gasteiger partial charge in [0.05, 0.1) is 0 Å². The summed E-state index contributed by atoms with van der Waals surface area (Å²) in [5.41, 5.74) is 1.24. The van der Waals surface area contributed by atoms with E-state index in [2.05, 4.69) is 37.2 Å². The second-order valence-corrected chi connectivity index (χ2v) is 5.51. The third-order valence-electron chi connectivity index (χ3n) is 3.12. The molecule has 0 unspecified atom stereocenters. The van der Waals surface area contributed by atoms with Gasteiger partial charge in [0.25, 0.3) is 0 Å². The summed E-state index contributed by atoms with van der Waals surface area (Å²) < 4.78 is 1.05. The number of halogens is 1. The maximum Gasteiger partial charge on any atom is 0.0410 e. The number of rotatable bonds is 6. The van der Waals surface area contributed by atoms with Gasteiger partial charge in [-0.2, -0.15) is 0 Å². The van der Waals surface area contributed by atoms with Gasteiger partial charge in [-0.25, -0.2) is 0 Å². The average Bonchev–Trinajstić information content (AvgIpc) is 2.82. The first-order valence-electron chi connectivity index (χ1n) is 6.37. The normalized spacial score (nSPS) is 16.5. The van der Waals surface area contributed by atoms with Crippen molar-refractivity contribution in [1.82, 2.24) is 15.2 Å². The number of pyridine rings is 1. The molecule has 1 fully saturated rings. The Morgan fingerprint density at radius 2 is 2.12 bits per heavy atom. The molecule has 3 nitrogen and oxygen atoms in total. The first-order valence-corrected chi connectivity index (χ1v) is 7.16. The Morgan fingerprint density at radius 3 is 2.88 bits per heavy atom. The predicted octanol–water partition coefficient (Wildman–Crippen LogP) is 2.42. The van der Waals surface area contributed by atoms with Crippen molar-refractivity contribution in [3.63, 3.8) is 0 Å². The van der Waals surface area contributed by atoms with Crippen LogP contribution in [-0.4, -0.2) is 36.1 Å². The molecule has 17 heavy (non-hydrogen) atoms. The van der Waals surface area contributed by atoms with Crippen LogP contribution in [-0.2, 0) is 6.54 Å². The minimum atomic E-state index is 0.909. The zero-order chi connectivity index (χ0) is 11.9. The predicted molar refractivity (Wildman–Crippen MR) is 73.9 cm³/mol. The molecule has 94 valence electrons. The summed E-state index contributed by atoms with van der Waals surface area (Å²) in [5.74, 6) is 0. The number of likely N-dealkylation sites (tertiary alicyclic amines) is 1. The molecule has 0 saturated carbocycles. The van der Waals surface area contributed by atoms with Gasteiger partial charge in [0.1, 0.15) is 0 Å². The van der Waals surface area contributed by atoms with E-state index >= 15 is 0 Å². The molecule has 1 N–H and O–H groups in total. The van der Waals surface area contributed by atoms with Crippen molar-refractivity contribution < 1.29 is 0 Å². The van der Waals surface area contributed by atoms with Crippen molar-refractivity contribution in [2.24, 2.45) is 0 Å². The van der Waals surface area contributed by atoms with Crippen molar-refractivity contribution in [1.29, 1.82) is 0 Å². The first-order chi connectivity index (χ1) is 8.34. The summed E-state index contributed by atoms with van der Waals surface area (Å²) in [4.78, 5) is 6.71. The van der Waals surface area contributed by atoms with Gasteiger partial charge in [-0.3, -0.25) is 4.98 Å². The van der Waals surface area contributed by atoms with E-state index in [4.69, 9.17) is 0 Å². The molecule has 1 aromatic rings. The number of nitrogens with one attached hydrogen (secondary N) is 1. The lowest BCUT2D eigenvalue weighted by atomic mass is 10.3. The zero-order valence-electron chi connectivity index (χ0n) is 10.2. The van der Waals surface area contributed by atoms with Crippen LogP contribution in [0.1, 0.15) is 24.8 Å². The Balaban J connectivity index is 1.56. The number of hydrogen-bond acceptors (Lipinski definition) is 3. The maximum atomic E-state index is 4.15. The van der Waals surface area contributed by atoms with E-state index in [9.17, 15) is 0 Å². The molecular weight excluding hydrogens is 278 g/mol. The lowest BCUT2D eigenvalue weighted by molar-refractivity contribution is 0.331. The molecule has 0 spiro atoms. The standard InChI is InChI=1S/C13H20BrN3/c14-13-8-12(10-16-11-13)9-15-4-3-7-17-5-1-2-6-17/h8,10-11,15H,1-7,9H2. The van der Waals surface area contributed by atoms with Gasteiger partial charge in [-0.15, -0.1) is 0 Å². The molecule has 1 saturated heterocycles. The van der Waals surface area contributed by atoms with Crippen LogP contribution >= 0.6 is 15.9 Å². The molecule has 2 heterocycles. The fourth-order valence-corrected chi connectivity index (χ4v) is 2.63. The molecule has 0 bridgehead atoms. The molecule has 2 rings (SSSR count). The summed E-state index contributed by atoms with van der Waals surface area (Å²) >= 11 is 3.43. The van der Waals surface area contributed by atoms with Crippen LogP contribution < -0.4 is 5.32 Å². The lowest BCUT2D eigenvalue weighted by Gasteiger charge is -2.14. The van der Waals surface area contributed by atoms with E-state index in [0.29, 0.717) is 0 Å². The second kappa shape index (κ2) is 7.09. The average molecular weight is 298 g/mol. The molecule has 1 aliphatic heterocycles. The lowest BCUT2D eigenvalue weighted by Crippen LogP contribution is -2.24. The first kappa shape index (κ1) is 13.0. The van der Waals surface area contributed by atoms with Crippen molar-refractivity contribution >= 4 is 15.9 Å². The molecule has 0 radical (unpaired) electrons. The third kappa shape index (κ3) is 4.74. The van der Waals surface area contributed by atoms with Gasteiger partial charge in [-0.1, -0.05) is 0 Å². The summed E-state index contributed by atoms with van der Waals surface area (Å²) in [6.07, 6.45) is 7.74. The van der Waals surface area contributed by atoms with Crippen molar-refractivity contribution in [3.8, 4) is 0 Å². The van der Waals surface area contributed by atoms with E-state index in [1.165, 1.54) is 44.5 Å². The summed E-state index contributed by atoms with van der Waals surface area (Å²) in [5, 5.41) is 3.47. The Morgan fingerprint density at radius 1 is 1.29 bits per heavy atom. The van der Waals surface area contributed by atoms with Crippen LogP contribution in [0.3, 0.4) is 0 Å². The van der Waals surface area contributed by atoms with Crippen LogP contribution in [0, 0.1) is 0 Å². The number of aromatic nitrogens is 1. The largest absolute Gasteiger partial charge is 0.313 e. The molecule has 0 amide bonds. The summed E-state index contributed by atoms with van der Waals surface area (Å²) in [6.45, 7) is 5.84. The van der Waals surface area contributed by atoms with Gasteiger partial charge in [0.15, 0.2) is 0 Å². The maximum absolute atomic E-state index is 4.15. The van der Waals surface area contributed by atoms with E-state index < -0.39 is 0 Å². The quantitative estimate of drug-likeness (QED) is 0.818. The Hall–Kier alpha value is -0.450. The molecule has 1 aliphatic rings. The van der Waals surface area contributed by atoms with Crippen molar-refractivity contribution in [2.45, 2.75) is 25.8 Å². The molecule has 0 aromatic carbocycles. The van der Waals surface area contributed by atoms with Crippen LogP contribution in [0.2, 0.25) is 0 Å². The highest BCUT2D eigenvalue weighted by atomic mass is 79.9. The fraction of sp³-hybridized carbons (Fsp3) is 0.615. The molecule has 4 heteroatoms.